The summed E-state index contributed by atoms with van der Waals surface area (Å²) in [5.41, 5.74) is 2.01. The maximum atomic E-state index is 12.3. The van der Waals surface area contributed by atoms with E-state index in [-0.39, 0.29) is 11.9 Å². The van der Waals surface area contributed by atoms with E-state index in [1.54, 1.807) is 7.11 Å². The normalized spacial score (nSPS) is 13.2. The van der Waals surface area contributed by atoms with Gasteiger partial charge in [0.1, 0.15) is 12.3 Å². The van der Waals surface area contributed by atoms with E-state index in [4.69, 9.17) is 4.74 Å². The molecule has 116 valence electrons. The molecule has 0 saturated carbocycles. The predicted octanol–water partition coefficient (Wildman–Crippen LogP) is 1.74. The topological polar surface area (TPSA) is 42.8 Å². The number of carbonyl (C=O) groups excluding carboxylic acids is 1. The molecule has 2 N–H and O–H groups in total. The van der Waals surface area contributed by atoms with Crippen molar-refractivity contribution in [2.75, 3.05) is 19.5 Å². The third-order valence-electron chi connectivity index (χ3n) is 3.82. The van der Waals surface area contributed by atoms with Gasteiger partial charge in [0.15, 0.2) is 6.04 Å². The van der Waals surface area contributed by atoms with Crippen LogP contribution in [0.2, 0.25) is 0 Å². The Hall–Kier alpha value is -2.33. The summed E-state index contributed by atoms with van der Waals surface area (Å²) >= 11 is 0. The smallest absolute Gasteiger partial charge is 0.282 e. The fourth-order valence-corrected chi connectivity index (χ4v) is 2.22. The van der Waals surface area contributed by atoms with Crippen LogP contribution in [0.4, 0.5) is 5.69 Å². The van der Waals surface area contributed by atoms with Crippen LogP contribution in [0.15, 0.2) is 54.6 Å². The Bertz CT molecular complexity index is 596. The van der Waals surface area contributed by atoms with Gasteiger partial charge in [-0.15, -0.1) is 0 Å². The van der Waals surface area contributed by atoms with E-state index in [9.17, 15) is 4.79 Å². The Labute approximate surface area is 131 Å². The molecule has 4 nitrogen and oxygen atoms in total. The van der Waals surface area contributed by atoms with Crippen molar-refractivity contribution in [2.45, 2.75) is 19.5 Å². The van der Waals surface area contributed by atoms with Gasteiger partial charge in [-0.1, -0.05) is 30.3 Å². The number of ether oxygens (including phenoxy) is 1. The number of amides is 1. The molecule has 2 aromatic carbocycles. The van der Waals surface area contributed by atoms with E-state index in [1.165, 1.54) is 5.56 Å². The number of nitrogens with one attached hydrogen (secondary N) is 2. The van der Waals surface area contributed by atoms with Crippen molar-refractivity contribution in [3.05, 3.63) is 60.2 Å². The van der Waals surface area contributed by atoms with Gasteiger partial charge in [0.25, 0.3) is 5.91 Å². The first kappa shape index (κ1) is 16.0. The highest BCUT2D eigenvalue weighted by Crippen LogP contribution is 2.14. The quantitative estimate of drug-likeness (QED) is 0.853. The molecule has 0 bridgehead atoms. The van der Waals surface area contributed by atoms with Gasteiger partial charge in [0.2, 0.25) is 0 Å². The van der Waals surface area contributed by atoms with Gasteiger partial charge in [0.05, 0.1) is 14.2 Å². The molecule has 2 aromatic rings. The predicted molar refractivity (Wildman–Crippen MR) is 88.1 cm³/mol. The summed E-state index contributed by atoms with van der Waals surface area (Å²) in [6.07, 6.45) is 0. The highest BCUT2D eigenvalue weighted by atomic mass is 16.5. The Morgan fingerprint density at radius 1 is 1.14 bits per heavy atom. The number of carbonyl (C=O) groups is 1. The summed E-state index contributed by atoms with van der Waals surface area (Å²) in [7, 11) is 3.66. The Balaban J connectivity index is 1.93. The summed E-state index contributed by atoms with van der Waals surface area (Å²) < 4.78 is 5.11. The lowest BCUT2D eigenvalue weighted by molar-refractivity contribution is -0.907. The number of quaternary nitrogens is 1. The maximum absolute atomic E-state index is 12.3. The zero-order valence-electron chi connectivity index (χ0n) is 13.3. The molecule has 0 spiro atoms. The number of hydrogen-bond donors (Lipinski definition) is 2. The van der Waals surface area contributed by atoms with Crippen LogP contribution in [0.3, 0.4) is 0 Å². The first-order valence-electron chi connectivity index (χ1n) is 7.41. The fourth-order valence-electron chi connectivity index (χ4n) is 2.22. The minimum absolute atomic E-state index is 0.0126. The number of methoxy groups -OCH3 is 1. The lowest BCUT2D eigenvalue weighted by atomic mass is 10.2. The highest BCUT2D eigenvalue weighted by Gasteiger charge is 2.21. The van der Waals surface area contributed by atoms with Gasteiger partial charge in [0, 0.05) is 11.3 Å². The van der Waals surface area contributed by atoms with Crippen LogP contribution in [0, 0.1) is 0 Å². The number of hydrogen-bond acceptors (Lipinski definition) is 2. The molecule has 0 aliphatic carbocycles. The molecule has 2 atom stereocenters. The average Bonchev–Trinajstić information content (AvgIpc) is 2.55. The lowest BCUT2D eigenvalue weighted by Crippen LogP contribution is -3.12. The highest BCUT2D eigenvalue weighted by molar-refractivity contribution is 5.93. The van der Waals surface area contributed by atoms with Gasteiger partial charge >= 0.3 is 0 Å². The first-order chi connectivity index (χ1) is 10.6. The summed E-state index contributed by atoms with van der Waals surface area (Å²) in [4.78, 5) is 13.5. The number of rotatable bonds is 6. The maximum Gasteiger partial charge on any atom is 0.282 e. The summed E-state index contributed by atoms with van der Waals surface area (Å²) in [5.74, 6) is 0.788. The number of anilines is 1. The lowest BCUT2D eigenvalue weighted by Gasteiger charge is -2.21. The number of likely N-dealkylation sites (N-methyl/N-ethyl adjacent to an activating group) is 1. The van der Waals surface area contributed by atoms with E-state index in [2.05, 4.69) is 17.4 Å². The van der Waals surface area contributed by atoms with Crippen molar-refractivity contribution in [1.29, 1.82) is 0 Å². The van der Waals surface area contributed by atoms with Crippen molar-refractivity contribution in [3.63, 3.8) is 0 Å². The van der Waals surface area contributed by atoms with Gasteiger partial charge < -0.3 is 15.0 Å². The van der Waals surface area contributed by atoms with Crippen LogP contribution < -0.4 is 15.0 Å². The van der Waals surface area contributed by atoms with Crippen molar-refractivity contribution >= 4 is 11.6 Å². The van der Waals surface area contributed by atoms with E-state index in [1.807, 2.05) is 56.4 Å². The van der Waals surface area contributed by atoms with Gasteiger partial charge in [-0.25, -0.2) is 0 Å². The van der Waals surface area contributed by atoms with Crippen molar-refractivity contribution in [2.24, 2.45) is 0 Å². The molecule has 1 unspecified atom stereocenters. The summed E-state index contributed by atoms with van der Waals surface area (Å²) in [5, 5.41) is 2.94. The fraction of sp³-hybridized carbons (Fsp3) is 0.278. The minimum atomic E-state index is -0.137. The minimum Gasteiger partial charge on any atom is -0.497 e. The molecular formula is C18H23N2O2+. The molecule has 0 radical (unpaired) electrons. The Kier molecular flexibility index (Phi) is 5.55. The molecular weight excluding hydrogens is 276 g/mol. The second kappa shape index (κ2) is 7.61. The second-order valence-corrected chi connectivity index (χ2v) is 5.45. The summed E-state index contributed by atoms with van der Waals surface area (Å²) in [6.45, 7) is 2.76. The monoisotopic (exact) mass is 299 g/mol. The Morgan fingerprint density at radius 3 is 2.36 bits per heavy atom. The molecule has 0 heterocycles. The zero-order chi connectivity index (χ0) is 15.9. The molecule has 0 aromatic heterocycles. The first-order valence-corrected chi connectivity index (χ1v) is 7.41. The van der Waals surface area contributed by atoms with Crippen LogP contribution in [0.25, 0.3) is 0 Å². The van der Waals surface area contributed by atoms with Crippen molar-refractivity contribution in [3.8, 4) is 5.75 Å². The van der Waals surface area contributed by atoms with E-state index < -0.39 is 0 Å². The summed E-state index contributed by atoms with van der Waals surface area (Å²) in [6, 6.07) is 17.4. The molecule has 0 fully saturated rings. The molecule has 0 aliphatic heterocycles. The van der Waals surface area contributed by atoms with E-state index in [0.29, 0.717) is 0 Å². The van der Waals surface area contributed by atoms with Crippen LogP contribution in [0.1, 0.15) is 12.5 Å². The van der Waals surface area contributed by atoms with Gasteiger partial charge in [-0.2, -0.15) is 0 Å². The van der Waals surface area contributed by atoms with Crippen molar-refractivity contribution in [1.82, 2.24) is 0 Å². The largest absolute Gasteiger partial charge is 0.497 e. The van der Waals surface area contributed by atoms with Crippen LogP contribution >= 0.6 is 0 Å². The average molecular weight is 299 g/mol. The molecule has 1 amide bonds. The Morgan fingerprint density at radius 2 is 1.77 bits per heavy atom. The third-order valence-corrected chi connectivity index (χ3v) is 3.82. The molecule has 0 saturated heterocycles. The molecule has 2 rings (SSSR count). The van der Waals surface area contributed by atoms with E-state index >= 15 is 0 Å². The van der Waals surface area contributed by atoms with Crippen LogP contribution in [0.5, 0.6) is 5.75 Å². The van der Waals surface area contributed by atoms with Gasteiger partial charge in [-0.3, -0.25) is 4.79 Å². The standard InChI is InChI=1S/C18H22N2O2/c1-14(20(2)13-15-7-5-4-6-8-15)18(21)19-16-9-11-17(22-3)12-10-16/h4-12,14H,13H2,1-3H3,(H,19,21)/p+1/t14-/m1/s1. The second-order valence-electron chi connectivity index (χ2n) is 5.45. The van der Waals surface area contributed by atoms with E-state index in [0.717, 1.165) is 22.9 Å². The molecule has 4 heteroatoms. The van der Waals surface area contributed by atoms with Gasteiger partial charge in [-0.05, 0) is 31.2 Å². The third kappa shape index (κ3) is 4.33. The number of benzene rings is 2. The van der Waals surface area contributed by atoms with Crippen LogP contribution in [-0.4, -0.2) is 26.1 Å². The molecule has 0 aliphatic rings. The zero-order valence-corrected chi connectivity index (χ0v) is 13.3. The molecule has 22 heavy (non-hydrogen) atoms. The van der Waals surface area contributed by atoms with Crippen molar-refractivity contribution < 1.29 is 14.4 Å². The SMILES string of the molecule is COc1ccc(NC(=O)[C@@H](C)[NH+](C)Cc2ccccc2)cc1. The van der Waals surface area contributed by atoms with Crippen LogP contribution in [-0.2, 0) is 11.3 Å².